The molecule has 0 aliphatic carbocycles. The molecule has 2 aliphatic rings. The second-order valence-corrected chi connectivity index (χ2v) is 4.86. The van der Waals surface area contributed by atoms with Crippen LogP contribution in [0.1, 0.15) is 5.56 Å². The van der Waals surface area contributed by atoms with E-state index in [9.17, 15) is 0 Å². The molecule has 1 aromatic rings. The quantitative estimate of drug-likeness (QED) is 0.890. The van der Waals surface area contributed by atoms with Gasteiger partial charge in [-0.1, -0.05) is 30.3 Å². The Kier molecular flexibility index (Phi) is 5.74. The van der Waals surface area contributed by atoms with Crippen LogP contribution in [0.15, 0.2) is 30.3 Å². The van der Waals surface area contributed by atoms with E-state index in [2.05, 4.69) is 40.5 Å². The van der Waals surface area contributed by atoms with Gasteiger partial charge in [-0.3, -0.25) is 4.90 Å². The molecule has 0 spiro atoms. The summed E-state index contributed by atoms with van der Waals surface area (Å²) in [5, 5.41) is 3.48. The zero-order valence-corrected chi connectivity index (χ0v) is 11.5. The molecule has 3 rings (SSSR count). The molecule has 2 saturated heterocycles. The standard InChI is InChI=1S/C13H18N2.2ClH/c1-2-4-11(5-3-1)8-15-9-12-6-14-7-13(12)10-15;;/h1-5,12-14H,6-10H2;2*1H. The van der Waals surface area contributed by atoms with Gasteiger partial charge in [0, 0.05) is 19.6 Å². The first kappa shape index (κ1) is 14.8. The molecule has 1 N–H and O–H groups in total. The smallest absolute Gasteiger partial charge is 0.0233 e. The third-order valence-electron chi connectivity index (χ3n) is 3.71. The first-order valence-corrected chi connectivity index (χ1v) is 5.89. The molecule has 2 aliphatic heterocycles. The first-order chi connectivity index (χ1) is 7.42. The molecule has 2 atom stereocenters. The Hall–Kier alpha value is -0.280. The SMILES string of the molecule is Cl.Cl.c1ccc(CN2CC3CNCC3C2)cc1. The van der Waals surface area contributed by atoms with Gasteiger partial charge in [0.1, 0.15) is 0 Å². The third-order valence-corrected chi connectivity index (χ3v) is 3.71. The number of hydrogen-bond acceptors (Lipinski definition) is 2. The summed E-state index contributed by atoms with van der Waals surface area (Å²) in [5.74, 6) is 1.82. The molecule has 2 fully saturated rings. The maximum atomic E-state index is 3.48. The minimum atomic E-state index is 0. The van der Waals surface area contributed by atoms with Gasteiger partial charge in [-0.15, -0.1) is 24.8 Å². The van der Waals surface area contributed by atoms with Gasteiger partial charge in [0.15, 0.2) is 0 Å². The van der Waals surface area contributed by atoms with Crippen molar-refractivity contribution in [3.05, 3.63) is 35.9 Å². The monoisotopic (exact) mass is 274 g/mol. The summed E-state index contributed by atoms with van der Waals surface area (Å²) in [5.41, 5.74) is 1.45. The highest BCUT2D eigenvalue weighted by atomic mass is 35.5. The summed E-state index contributed by atoms with van der Waals surface area (Å²) in [6.45, 7) is 6.17. The maximum absolute atomic E-state index is 3.48. The molecule has 17 heavy (non-hydrogen) atoms. The third kappa shape index (κ3) is 3.35. The minimum Gasteiger partial charge on any atom is -0.316 e. The van der Waals surface area contributed by atoms with Crippen molar-refractivity contribution in [2.24, 2.45) is 11.8 Å². The van der Waals surface area contributed by atoms with Gasteiger partial charge in [-0.25, -0.2) is 0 Å². The van der Waals surface area contributed by atoms with Crippen LogP contribution in [0.3, 0.4) is 0 Å². The highest BCUT2D eigenvalue weighted by Crippen LogP contribution is 2.27. The number of rotatable bonds is 2. The van der Waals surface area contributed by atoms with Crippen molar-refractivity contribution < 1.29 is 0 Å². The van der Waals surface area contributed by atoms with Crippen LogP contribution in [0, 0.1) is 11.8 Å². The normalized spacial score (nSPS) is 27.1. The summed E-state index contributed by atoms with van der Waals surface area (Å²) < 4.78 is 0. The molecule has 4 heteroatoms. The Labute approximate surface area is 116 Å². The van der Waals surface area contributed by atoms with Crippen molar-refractivity contribution >= 4 is 24.8 Å². The molecule has 1 aromatic carbocycles. The van der Waals surface area contributed by atoms with Crippen LogP contribution in [0.2, 0.25) is 0 Å². The lowest BCUT2D eigenvalue weighted by Gasteiger charge is -2.16. The zero-order valence-electron chi connectivity index (χ0n) is 9.84. The van der Waals surface area contributed by atoms with Crippen LogP contribution < -0.4 is 5.32 Å². The summed E-state index contributed by atoms with van der Waals surface area (Å²) in [7, 11) is 0. The van der Waals surface area contributed by atoms with Gasteiger partial charge in [0.2, 0.25) is 0 Å². The van der Waals surface area contributed by atoms with E-state index >= 15 is 0 Å². The predicted molar refractivity (Wildman–Crippen MR) is 76.1 cm³/mol. The van der Waals surface area contributed by atoms with Gasteiger partial charge in [-0.2, -0.15) is 0 Å². The topological polar surface area (TPSA) is 15.3 Å². The van der Waals surface area contributed by atoms with Crippen LogP contribution in [0.25, 0.3) is 0 Å². The summed E-state index contributed by atoms with van der Waals surface area (Å²) >= 11 is 0. The van der Waals surface area contributed by atoms with E-state index in [0.717, 1.165) is 18.4 Å². The molecule has 2 unspecified atom stereocenters. The van der Waals surface area contributed by atoms with Crippen molar-refractivity contribution in [1.82, 2.24) is 10.2 Å². The molecule has 2 heterocycles. The van der Waals surface area contributed by atoms with E-state index in [1.54, 1.807) is 0 Å². The molecule has 96 valence electrons. The fourth-order valence-corrected chi connectivity index (χ4v) is 2.92. The lowest BCUT2D eigenvalue weighted by molar-refractivity contribution is 0.305. The van der Waals surface area contributed by atoms with Crippen LogP contribution in [0.5, 0.6) is 0 Å². The summed E-state index contributed by atoms with van der Waals surface area (Å²) in [4.78, 5) is 2.60. The fourth-order valence-electron chi connectivity index (χ4n) is 2.92. The van der Waals surface area contributed by atoms with Crippen molar-refractivity contribution in [2.45, 2.75) is 6.54 Å². The number of benzene rings is 1. The van der Waals surface area contributed by atoms with Crippen LogP contribution in [0.4, 0.5) is 0 Å². The van der Waals surface area contributed by atoms with E-state index < -0.39 is 0 Å². The largest absolute Gasteiger partial charge is 0.316 e. The summed E-state index contributed by atoms with van der Waals surface area (Å²) in [6.07, 6.45) is 0. The first-order valence-electron chi connectivity index (χ1n) is 5.89. The molecule has 0 bridgehead atoms. The summed E-state index contributed by atoms with van der Waals surface area (Å²) in [6, 6.07) is 10.8. The lowest BCUT2D eigenvalue weighted by atomic mass is 10.0. The van der Waals surface area contributed by atoms with E-state index in [0.29, 0.717) is 0 Å². The van der Waals surface area contributed by atoms with Gasteiger partial charge in [-0.05, 0) is 30.5 Å². The van der Waals surface area contributed by atoms with E-state index in [4.69, 9.17) is 0 Å². The number of fused-ring (bicyclic) bond motifs is 1. The molecule has 0 saturated carbocycles. The van der Waals surface area contributed by atoms with Crippen LogP contribution in [-0.4, -0.2) is 31.1 Å². The van der Waals surface area contributed by atoms with Crippen molar-refractivity contribution in [3.63, 3.8) is 0 Å². The van der Waals surface area contributed by atoms with E-state index in [1.165, 1.54) is 31.7 Å². The maximum Gasteiger partial charge on any atom is 0.0233 e. The Morgan fingerprint density at radius 3 is 2.18 bits per heavy atom. The van der Waals surface area contributed by atoms with Crippen molar-refractivity contribution in [1.29, 1.82) is 0 Å². The lowest BCUT2D eigenvalue weighted by Crippen LogP contribution is -2.25. The highest BCUT2D eigenvalue weighted by Gasteiger charge is 2.35. The average molecular weight is 275 g/mol. The molecular weight excluding hydrogens is 255 g/mol. The van der Waals surface area contributed by atoms with E-state index in [-0.39, 0.29) is 24.8 Å². The second-order valence-electron chi connectivity index (χ2n) is 4.86. The molecular formula is C13H20Cl2N2. The Balaban J connectivity index is 0.000000722. The Morgan fingerprint density at radius 1 is 1.00 bits per heavy atom. The molecule has 0 aromatic heterocycles. The van der Waals surface area contributed by atoms with Crippen molar-refractivity contribution in [3.8, 4) is 0 Å². The van der Waals surface area contributed by atoms with Crippen LogP contribution in [-0.2, 0) is 6.54 Å². The van der Waals surface area contributed by atoms with Gasteiger partial charge < -0.3 is 5.32 Å². The molecule has 0 radical (unpaired) electrons. The number of halogens is 2. The minimum absolute atomic E-state index is 0. The van der Waals surface area contributed by atoms with Gasteiger partial charge >= 0.3 is 0 Å². The van der Waals surface area contributed by atoms with Gasteiger partial charge in [0.25, 0.3) is 0 Å². The van der Waals surface area contributed by atoms with Crippen molar-refractivity contribution in [2.75, 3.05) is 26.2 Å². The highest BCUT2D eigenvalue weighted by molar-refractivity contribution is 5.85. The predicted octanol–water partition coefficient (Wildman–Crippen LogP) is 2.18. The second kappa shape index (κ2) is 6.60. The average Bonchev–Trinajstić information content (AvgIpc) is 2.79. The number of hydrogen-bond donors (Lipinski definition) is 1. The fraction of sp³-hybridized carbons (Fsp3) is 0.538. The molecule has 2 nitrogen and oxygen atoms in total. The zero-order chi connectivity index (χ0) is 10.1. The number of nitrogens with zero attached hydrogens (tertiary/aromatic N) is 1. The van der Waals surface area contributed by atoms with Gasteiger partial charge in [0.05, 0.1) is 0 Å². The van der Waals surface area contributed by atoms with Crippen LogP contribution >= 0.6 is 24.8 Å². The Bertz CT molecular complexity index is 319. The number of nitrogens with one attached hydrogen (secondary N) is 1. The Morgan fingerprint density at radius 2 is 1.59 bits per heavy atom. The van der Waals surface area contributed by atoms with E-state index in [1.807, 2.05) is 0 Å². The number of likely N-dealkylation sites (tertiary alicyclic amines) is 1. The molecule has 0 amide bonds.